The highest BCUT2D eigenvalue weighted by atomic mass is 16.1. The zero-order valence-corrected chi connectivity index (χ0v) is 9.36. The molecule has 1 aromatic rings. The summed E-state index contributed by atoms with van der Waals surface area (Å²) in [4.78, 5) is 12.9. The SMILES string of the molecule is CCN(CCC(N)=O)c1cccc(C)c1. The molecule has 0 aliphatic carbocycles. The van der Waals surface area contributed by atoms with Crippen LogP contribution in [0.3, 0.4) is 0 Å². The van der Waals surface area contributed by atoms with Gasteiger partial charge in [0.2, 0.25) is 5.91 Å². The predicted molar refractivity (Wildman–Crippen MR) is 62.9 cm³/mol. The van der Waals surface area contributed by atoms with Gasteiger partial charge in [-0.15, -0.1) is 0 Å². The van der Waals surface area contributed by atoms with E-state index >= 15 is 0 Å². The smallest absolute Gasteiger partial charge is 0.219 e. The third kappa shape index (κ3) is 3.62. The lowest BCUT2D eigenvalue weighted by Crippen LogP contribution is -2.27. The zero-order chi connectivity index (χ0) is 11.3. The van der Waals surface area contributed by atoms with Gasteiger partial charge in [0, 0.05) is 25.2 Å². The van der Waals surface area contributed by atoms with Crippen molar-refractivity contribution in [2.24, 2.45) is 5.73 Å². The van der Waals surface area contributed by atoms with Crippen molar-refractivity contribution < 1.29 is 4.79 Å². The lowest BCUT2D eigenvalue weighted by atomic mass is 10.2. The summed E-state index contributed by atoms with van der Waals surface area (Å²) in [6, 6.07) is 8.25. The number of hydrogen-bond donors (Lipinski definition) is 1. The molecule has 0 atom stereocenters. The van der Waals surface area contributed by atoms with Gasteiger partial charge in [0.25, 0.3) is 0 Å². The second-order valence-corrected chi connectivity index (χ2v) is 3.63. The molecule has 15 heavy (non-hydrogen) atoms. The molecule has 0 heterocycles. The summed E-state index contributed by atoms with van der Waals surface area (Å²) in [5, 5.41) is 0. The molecule has 0 fully saturated rings. The Hall–Kier alpha value is -1.51. The predicted octanol–water partition coefficient (Wildman–Crippen LogP) is 1.70. The van der Waals surface area contributed by atoms with Crippen molar-refractivity contribution in [3.8, 4) is 0 Å². The minimum absolute atomic E-state index is 0.249. The molecule has 0 bridgehead atoms. The van der Waals surface area contributed by atoms with Crippen LogP contribution in [-0.2, 0) is 4.79 Å². The van der Waals surface area contributed by atoms with Crippen molar-refractivity contribution in [1.29, 1.82) is 0 Å². The maximum Gasteiger partial charge on any atom is 0.219 e. The number of hydrogen-bond acceptors (Lipinski definition) is 2. The molecule has 1 rings (SSSR count). The molecule has 1 aromatic carbocycles. The van der Waals surface area contributed by atoms with Gasteiger partial charge in [-0.3, -0.25) is 4.79 Å². The second kappa shape index (κ2) is 5.39. The van der Waals surface area contributed by atoms with Crippen LogP contribution in [0.15, 0.2) is 24.3 Å². The average Bonchev–Trinajstić information content (AvgIpc) is 2.18. The summed E-state index contributed by atoms with van der Waals surface area (Å²) in [5.41, 5.74) is 7.52. The summed E-state index contributed by atoms with van der Waals surface area (Å²) < 4.78 is 0. The fraction of sp³-hybridized carbons (Fsp3) is 0.417. The molecule has 0 saturated heterocycles. The maximum absolute atomic E-state index is 10.7. The number of carbonyl (C=O) groups excluding carboxylic acids is 1. The summed E-state index contributed by atoms with van der Waals surface area (Å²) >= 11 is 0. The Kier molecular flexibility index (Phi) is 4.16. The van der Waals surface area contributed by atoms with Crippen molar-refractivity contribution in [3.63, 3.8) is 0 Å². The van der Waals surface area contributed by atoms with Crippen LogP contribution in [0, 0.1) is 6.92 Å². The third-order valence-electron chi connectivity index (χ3n) is 2.38. The number of nitrogens with zero attached hydrogens (tertiary/aromatic N) is 1. The van der Waals surface area contributed by atoms with Crippen molar-refractivity contribution in [3.05, 3.63) is 29.8 Å². The van der Waals surface area contributed by atoms with E-state index in [1.165, 1.54) is 5.56 Å². The molecule has 3 nitrogen and oxygen atoms in total. The van der Waals surface area contributed by atoms with Crippen molar-refractivity contribution >= 4 is 11.6 Å². The van der Waals surface area contributed by atoms with Gasteiger partial charge in [-0.25, -0.2) is 0 Å². The van der Waals surface area contributed by atoms with Crippen LogP contribution in [0.5, 0.6) is 0 Å². The van der Waals surface area contributed by atoms with Gasteiger partial charge in [-0.05, 0) is 31.5 Å². The largest absolute Gasteiger partial charge is 0.371 e. The van der Waals surface area contributed by atoms with Gasteiger partial charge in [0.1, 0.15) is 0 Å². The van der Waals surface area contributed by atoms with Gasteiger partial charge in [0.15, 0.2) is 0 Å². The second-order valence-electron chi connectivity index (χ2n) is 3.63. The molecule has 2 N–H and O–H groups in total. The number of amides is 1. The molecule has 0 spiro atoms. The summed E-state index contributed by atoms with van der Waals surface area (Å²) in [5.74, 6) is -0.249. The van der Waals surface area contributed by atoms with E-state index in [9.17, 15) is 4.79 Å². The standard InChI is InChI=1S/C12H18N2O/c1-3-14(8-7-12(13)15)11-6-4-5-10(2)9-11/h4-6,9H,3,7-8H2,1-2H3,(H2,13,15). The normalized spacial score (nSPS) is 10.0. The van der Waals surface area contributed by atoms with Crippen molar-refractivity contribution in [2.75, 3.05) is 18.0 Å². The topological polar surface area (TPSA) is 46.3 Å². The summed E-state index contributed by atoms with van der Waals surface area (Å²) in [6.45, 7) is 5.71. The molecule has 3 heteroatoms. The Balaban J connectivity index is 2.69. The Morgan fingerprint density at radius 2 is 2.20 bits per heavy atom. The van der Waals surface area contributed by atoms with E-state index in [-0.39, 0.29) is 5.91 Å². The van der Waals surface area contributed by atoms with E-state index < -0.39 is 0 Å². The molecule has 0 aromatic heterocycles. The number of anilines is 1. The zero-order valence-electron chi connectivity index (χ0n) is 9.36. The Morgan fingerprint density at radius 1 is 1.47 bits per heavy atom. The number of nitrogens with two attached hydrogens (primary N) is 1. The first kappa shape index (κ1) is 11.6. The third-order valence-corrected chi connectivity index (χ3v) is 2.38. The lowest BCUT2D eigenvalue weighted by Gasteiger charge is -2.22. The fourth-order valence-electron chi connectivity index (χ4n) is 1.54. The van der Waals surface area contributed by atoms with Gasteiger partial charge in [-0.2, -0.15) is 0 Å². The molecular weight excluding hydrogens is 188 g/mol. The van der Waals surface area contributed by atoms with E-state index in [4.69, 9.17) is 5.73 Å². The maximum atomic E-state index is 10.7. The molecule has 0 unspecified atom stereocenters. The lowest BCUT2D eigenvalue weighted by molar-refractivity contribution is -0.117. The van der Waals surface area contributed by atoms with Gasteiger partial charge in [-0.1, -0.05) is 12.1 Å². The number of aryl methyl sites for hydroxylation is 1. The minimum Gasteiger partial charge on any atom is -0.371 e. The Morgan fingerprint density at radius 3 is 2.73 bits per heavy atom. The van der Waals surface area contributed by atoms with Crippen LogP contribution in [0.2, 0.25) is 0 Å². The summed E-state index contributed by atoms with van der Waals surface area (Å²) in [7, 11) is 0. The average molecular weight is 206 g/mol. The molecule has 0 radical (unpaired) electrons. The number of carbonyl (C=O) groups is 1. The minimum atomic E-state index is -0.249. The van der Waals surface area contributed by atoms with Crippen LogP contribution >= 0.6 is 0 Å². The molecule has 0 aliphatic heterocycles. The monoisotopic (exact) mass is 206 g/mol. The van der Waals surface area contributed by atoms with Gasteiger partial charge >= 0.3 is 0 Å². The first-order valence-electron chi connectivity index (χ1n) is 5.23. The van der Waals surface area contributed by atoms with Crippen LogP contribution in [-0.4, -0.2) is 19.0 Å². The molecule has 0 saturated carbocycles. The van der Waals surface area contributed by atoms with E-state index in [2.05, 4.69) is 36.9 Å². The van der Waals surface area contributed by atoms with Crippen LogP contribution in [0.4, 0.5) is 5.69 Å². The quantitative estimate of drug-likeness (QED) is 0.797. The fourth-order valence-corrected chi connectivity index (χ4v) is 1.54. The Bertz CT molecular complexity index is 336. The van der Waals surface area contributed by atoms with Crippen molar-refractivity contribution in [1.82, 2.24) is 0 Å². The first-order chi connectivity index (χ1) is 7.13. The highest BCUT2D eigenvalue weighted by molar-refractivity contribution is 5.74. The van der Waals surface area contributed by atoms with E-state index in [1.54, 1.807) is 0 Å². The van der Waals surface area contributed by atoms with Crippen LogP contribution in [0.1, 0.15) is 18.9 Å². The van der Waals surface area contributed by atoms with Gasteiger partial charge in [0.05, 0.1) is 0 Å². The molecule has 1 amide bonds. The molecular formula is C12H18N2O. The molecule has 82 valence electrons. The number of primary amides is 1. The summed E-state index contributed by atoms with van der Waals surface area (Å²) in [6.07, 6.45) is 0.405. The Labute approximate surface area is 90.9 Å². The van der Waals surface area contributed by atoms with Crippen LogP contribution in [0.25, 0.3) is 0 Å². The first-order valence-corrected chi connectivity index (χ1v) is 5.23. The van der Waals surface area contributed by atoms with Crippen molar-refractivity contribution in [2.45, 2.75) is 20.3 Å². The van der Waals surface area contributed by atoms with E-state index in [0.29, 0.717) is 13.0 Å². The van der Waals surface area contributed by atoms with Crippen LogP contribution < -0.4 is 10.6 Å². The van der Waals surface area contributed by atoms with E-state index in [0.717, 1.165) is 12.2 Å². The highest BCUT2D eigenvalue weighted by Gasteiger charge is 2.05. The molecule has 0 aliphatic rings. The van der Waals surface area contributed by atoms with E-state index in [1.807, 2.05) is 6.07 Å². The number of rotatable bonds is 5. The highest BCUT2D eigenvalue weighted by Crippen LogP contribution is 2.15. The number of benzene rings is 1. The van der Waals surface area contributed by atoms with Gasteiger partial charge < -0.3 is 10.6 Å².